The van der Waals surface area contributed by atoms with Crippen molar-refractivity contribution in [2.24, 2.45) is 0 Å². The fourth-order valence-corrected chi connectivity index (χ4v) is 2.82. The van der Waals surface area contributed by atoms with Crippen LogP contribution >= 0.6 is 15.9 Å². The molecule has 106 valence electrons. The summed E-state index contributed by atoms with van der Waals surface area (Å²) in [6, 6.07) is 17.2. The molecule has 3 heteroatoms. The second-order valence-corrected chi connectivity index (χ2v) is 5.97. The maximum Gasteiger partial charge on any atom is 0.0511 e. The molecule has 0 fully saturated rings. The molecule has 1 unspecified atom stereocenters. The van der Waals surface area contributed by atoms with Crippen LogP contribution < -0.4 is 5.32 Å². The summed E-state index contributed by atoms with van der Waals surface area (Å²) in [4.78, 5) is 4.19. The molecular weight excluding hydrogens is 324 g/mol. The number of rotatable bonds is 4. The molecule has 0 amide bonds. The van der Waals surface area contributed by atoms with E-state index in [4.69, 9.17) is 0 Å². The van der Waals surface area contributed by atoms with Crippen LogP contribution in [0.25, 0.3) is 10.8 Å². The van der Waals surface area contributed by atoms with Crippen LogP contribution in [0.15, 0.2) is 65.4 Å². The Bertz CT molecular complexity index is 732. The van der Waals surface area contributed by atoms with E-state index in [9.17, 15) is 0 Å². The van der Waals surface area contributed by atoms with E-state index in [0.29, 0.717) is 6.04 Å². The number of fused-ring (bicyclic) bond motifs is 1. The number of anilines is 1. The summed E-state index contributed by atoms with van der Waals surface area (Å²) in [7, 11) is 0. The van der Waals surface area contributed by atoms with Gasteiger partial charge >= 0.3 is 0 Å². The first-order valence-electron chi connectivity index (χ1n) is 7.12. The zero-order valence-corrected chi connectivity index (χ0v) is 13.5. The predicted molar refractivity (Wildman–Crippen MR) is 92.5 cm³/mol. The molecule has 21 heavy (non-hydrogen) atoms. The van der Waals surface area contributed by atoms with E-state index >= 15 is 0 Å². The van der Waals surface area contributed by atoms with Crippen molar-refractivity contribution >= 4 is 32.4 Å². The monoisotopic (exact) mass is 340 g/mol. The highest BCUT2D eigenvalue weighted by molar-refractivity contribution is 9.10. The molecule has 2 aromatic carbocycles. The van der Waals surface area contributed by atoms with E-state index in [1.807, 2.05) is 12.4 Å². The number of nitrogens with one attached hydrogen (secondary N) is 1. The normalized spacial score (nSPS) is 12.3. The molecule has 1 atom stereocenters. The van der Waals surface area contributed by atoms with Gasteiger partial charge in [0, 0.05) is 33.3 Å². The first-order chi connectivity index (χ1) is 10.3. The third-order valence-electron chi connectivity index (χ3n) is 3.69. The highest BCUT2D eigenvalue weighted by atomic mass is 79.9. The smallest absolute Gasteiger partial charge is 0.0511 e. The van der Waals surface area contributed by atoms with Gasteiger partial charge in [0.1, 0.15) is 0 Å². The SMILES string of the molecule is CCC(Nc1cccc2cnccc12)c1ccc(Br)cc1. The fraction of sp³-hybridized carbons (Fsp3) is 0.167. The number of halogens is 1. The van der Waals surface area contributed by atoms with E-state index in [2.05, 4.69) is 81.7 Å². The van der Waals surface area contributed by atoms with Gasteiger partial charge in [0.2, 0.25) is 0 Å². The number of benzene rings is 2. The van der Waals surface area contributed by atoms with Gasteiger partial charge in [-0.15, -0.1) is 0 Å². The molecule has 0 aliphatic rings. The summed E-state index contributed by atoms with van der Waals surface area (Å²) in [5, 5.41) is 6.04. The van der Waals surface area contributed by atoms with Crippen molar-refractivity contribution in [2.45, 2.75) is 19.4 Å². The summed E-state index contributed by atoms with van der Waals surface area (Å²) >= 11 is 3.49. The lowest BCUT2D eigenvalue weighted by atomic mass is 10.0. The Balaban J connectivity index is 1.94. The lowest BCUT2D eigenvalue weighted by Crippen LogP contribution is -2.09. The van der Waals surface area contributed by atoms with Crippen molar-refractivity contribution in [3.8, 4) is 0 Å². The summed E-state index contributed by atoms with van der Waals surface area (Å²) < 4.78 is 1.11. The molecule has 3 aromatic rings. The fourth-order valence-electron chi connectivity index (χ4n) is 2.55. The molecule has 0 aliphatic heterocycles. The van der Waals surface area contributed by atoms with Crippen LogP contribution in [0, 0.1) is 0 Å². The van der Waals surface area contributed by atoms with E-state index < -0.39 is 0 Å². The lowest BCUT2D eigenvalue weighted by molar-refractivity contribution is 0.750. The third kappa shape index (κ3) is 3.08. The molecule has 0 aliphatic carbocycles. The Morgan fingerprint density at radius 1 is 1.10 bits per heavy atom. The quantitative estimate of drug-likeness (QED) is 0.672. The first-order valence-corrected chi connectivity index (χ1v) is 7.92. The minimum absolute atomic E-state index is 0.303. The van der Waals surface area contributed by atoms with E-state index in [-0.39, 0.29) is 0 Å². The molecule has 1 heterocycles. The van der Waals surface area contributed by atoms with Gasteiger partial charge in [0.15, 0.2) is 0 Å². The standard InChI is InChI=1S/C18H17BrN2/c1-2-17(13-6-8-15(19)9-7-13)21-18-5-3-4-14-12-20-11-10-16(14)18/h3-12,17,21H,2H2,1H3. The average molecular weight is 341 g/mol. The highest BCUT2D eigenvalue weighted by Gasteiger charge is 2.10. The zero-order chi connectivity index (χ0) is 14.7. The van der Waals surface area contributed by atoms with Crippen molar-refractivity contribution in [1.29, 1.82) is 0 Å². The first kappa shape index (κ1) is 14.1. The Morgan fingerprint density at radius 2 is 1.90 bits per heavy atom. The van der Waals surface area contributed by atoms with Crippen LogP contribution in [0.3, 0.4) is 0 Å². The summed E-state index contributed by atoms with van der Waals surface area (Å²) in [6.07, 6.45) is 4.78. The molecule has 3 rings (SSSR count). The Kier molecular flexibility index (Phi) is 4.20. The van der Waals surface area contributed by atoms with Crippen LogP contribution in [0.1, 0.15) is 24.9 Å². The molecule has 0 spiro atoms. The largest absolute Gasteiger partial charge is 0.378 e. The van der Waals surface area contributed by atoms with E-state index in [1.165, 1.54) is 10.9 Å². The number of nitrogens with zero attached hydrogens (tertiary/aromatic N) is 1. The second-order valence-electron chi connectivity index (χ2n) is 5.06. The van der Waals surface area contributed by atoms with Gasteiger partial charge in [0.25, 0.3) is 0 Å². The number of aromatic nitrogens is 1. The maximum absolute atomic E-state index is 4.19. The van der Waals surface area contributed by atoms with E-state index in [1.54, 1.807) is 0 Å². The topological polar surface area (TPSA) is 24.9 Å². The highest BCUT2D eigenvalue weighted by Crippen LogP contribution is 2.28. The van der Waals surface area contributed by atoms with Crippen LogP contribution in [-0.4, -0.2) is 4.98 Å². The van der Waals surface area contributed by atoms with Crippen molar-refractivity contribution < 1.29 is 0 Å². The Hall–Kier alpha value is -1.87. The number of hydrogen-bond donors (Lipinski definition) is 1. The van der Waals surface area contributed by atoms with Gasteiger partial charge < -0.3 is 5.32 Å². The van der Waals surface area contributed by atoms with Crippen molar-refractivity contribution in [3.63, 3.8) is 0 Å². The molecule has 0 radical (unpaired) electrons. The van der Waals surface area contributed by atoms with Crippen LogP contribution in [0.5, 0.6) is 0 Å². The minimum atomic E-state index is 0.303. The van der Waals surface area contributed by atoms with Gasteiger partial charge in [-0.3, -0.25) is 4.98 Å². The molecule has 0 saturated carbocycles. The molecule has 0 saturated heterocycles. The van der Waals surface area contributed by atoms with Crippen LogP contribution in [0.2, 0.25) is 0 Å². The van der Waals surface area contributed by atoms with Gasteiger partial charge in [0.05, 0.1) is 6.04 Å². The number of hydrogen-bond acceptors (Lipinski definition) is 2. The Labute approximate surface area is 133 Å². The van der Waals surface area contributed by atoms with E-state index in [0.717, 1.165) is 22.0 Å². The number of pyridine rings is 1. The summed E-state index contributed by atoms with van der Waals surface area (Å²) in [5.74, 6) is 0. The molecule has 1 N–H and O–H groups in total. The van der Waals surface area contributed by atoms with Crippen molar-refractivity contribution in [1.82, 2.24) is 4.98 Å². The van der Waals surface area contributed by atoms with Gasteiger partial charge in [-0.05, 0) is 36.2 Å². The van der Waals surface area contributed by atoms with Gasteiger partial charge in [-0.25, -0.2) is 0 Å². The van der Waals surface area contributed by atoms with Crippen LogP contribution in [-0.2, 0) is 0 Å². The van der Waals surface area contributed by atoms with Crippen LogP contribution in [0.4, 0.5) is 5.69 Å². The van der Waals surface area contributed by atoms with Gasteiger partial charge in [-0.1, -0.05) is 47.1 Å². The third-order valence-corrected chi connectivity index (χ3v) is 4.22. The predicted octanol–water partition coefficient (Wildman–Crippen LogP) is 5.56. The minimum Gasteiger partial charge on any atom is -0.378 e. The van der Waals surface area contributed by atoms with Crippen molar-refractivity contribution in [2.75, 3.05) is 5.32 Å². The summed E-state index contributed by atoms with van der Waals surface area (Å²) in [5.41, 5.74) is 2.46. The van der Waals surface area contributed by atoms with Gasteiger partial charge in [-0.2, -0.15) is 0 Å². The average Bonchev–Trinajstić information content (AvgIpc) is 2.54. The van der Waals surface area contributed by atoms with Crippen molar-refractivity contribution in [3.05, 3.63) is 71.0 Å². The molecule has 2 nitrogen and oxygen atoms in total. The maximum atomic E-state index is 4.19. The molecular formula is C18H17BrN2. The lowest BCUT2D eigenvalue weighted by Gasteiger charge is -2.20. The Morgan fingerprint density at radius 3 is 2.67 bits per heavy atom. The molecule has 0 bridgehead atoms. The summed E-state index contributed by atoms with van der Waals surface area (Å²) in [6.45, 7) is 2.20. The molecule has 1 aromatic heterocycles. The second kappa shape index (κ2) is 6.27. The zero-order valence-electron chi connectivity index (χ0n) is 11.9.